The Morgan fingerprint density at radius 1 is 1.22 bits per heavy atom. The fraction of sp³-hybridized carbons (Fsp3) is 0.211. The summed E-state index contributed by atoms with van der Waals surface area (Å²) in [5.41, 5.74) is 3.14. The predicted molar refractivity (Wildman–Crippen MR) is 112 cm³/mol. The van der Waals surface area contributed by atoms with E-state index in [9.17, 15) is 9.59 Å². The van der Waals surface area contributed by atoms with Crippen molar-refractivity contribution < 1.29 is 9.59 Å². The lowest BCUT2D eigenvalue weighted by atomic mass is 10.1. The van der Waals surface area contributed by atoms with Crippen LogP contribution in [0.4, 0.5) is 5.69 Å². The number of anilines is 1. The van der Waals surface area contributed by atoms with Crippen molar-refractivity contribution in [2.75, 3.05) is 4.90 Å². The van der Waals surface area contributed by atoms with Crippen LogP contribution in [0.15, 0.2) is 29.8 Å². The first-order chi connectivity index (χ1) is 12.8. The second-order valence-corrected chi connectivity index (χ2v) is 7.27. The average Bonchev–Trinajstić information content (AvgIpc) is 2.88. The first-order valence-electron chi connectivity index (χ1n) is 8.28. The molecule has 27 heavy (non-hydrogen) atoms. The Morgan fingerprint density at radius 3 is 2.56 bits per heavy atom. The zero-order valence-electron chi connectivity index (χ0n) is 15.0. The van der Waals surface area contributed by atoms with Crippen molar-refractivity contribution in [1.29, 1.82) is 0 Å². The second-order valence-electron chi connectivity index (χ2n) is 6.10. The van der Waals surface area contributed by atoms with Crippen LogP contribution in [0.3, 0.4) is 0 Å². The first kappa shape index (κ1) is 19.6. The summed E-state index contributed by atoms with van der Waals surface area (Å²) in [7, 11) is 0. The van der Waals surface area contributed by atoms with Crippen LogP contribution in [0.25, 0.3) is 6.08 Å². The molecular weight excluding hydrogens is 405 g/mol. The lowest BCUT2D eigenvalue weighted by Gasteiger charge is -2.29. The highest BCUT2D eigenvalue weighted by Crippen LogP contribution is 2.34. The molecule has 8 heteroatoms. The number of hydrogen-bond acceptors (Lipinski definition) is 3. The molecule has 1 saturated heterocycles. The molecule has 0 atom stereocenters. The Balaban J connectivity index is 2.09. The van der Waals surface area contributed by atoms with Crippen molar-refractivity contribution in [2.45, 2.75) is 27.3 Å². The Labute approximate surface area is 172 Å². The van der Waals surface area contributed by atoms with Crippen LogP contribution in [0, 0.1) is 13.8 Å². The van der Waals surface area contributed by atoms with Gasteiger partial charge in [-0.05, 0) is 62.8 Å². The van der Waals surface area contributed by atoms with Crippen LogP contribution in [0.5, 0.6) is 0 Å². The number of amides is 2. The molecule has 0 spiro atoms. The monoisotopic (exact) mass is 421 g/mol. The summed E-state index contributed by atoms with van der Waals surface area (Å²) in [6.45, 7) is 6.77. The minimum atomic E-state index is -0.547. The summed E-state index contributed by atoms with van der Waals surface area (Å²) in [5, 5.41) is 2.99. The number of thiocarbonyl (C=S) groups is 1. The molecule has 0 bridgehead atoms. The first-order valence-corrected chi connectivity index (χ1v) is 9.44. The SMILES string of the molecule is CCn1c(C)cc(/C=C2\C(=O)NC(=S)N(c3cccc(Cl)c3Cl)C2=O)c1C. The van der Waals surface area contributed by atoms with Crippen molar-refractivity contribution in [3.05, 3.63) is 56.8 Å². The third-order valence-electron chi connectivity index (χ3n) is 4.50. The fourth-order valence-electron chi connectivity index (χ4n) is 3.16. The van der Waals surface area contributed by atoms with Gasteiger partial charge in [0, 0.05) is 17.9 Å². The molecule has 0 saturated carbocycles. The van der Waals surface area contributed by atoms with Crippen molar-refractivity contribution in [3.63, 3.8) is 0 Å². The van der Waals surface area contributed by atoms with Crippen molar-refractivity contribution in [1.82, 2.24) is 9.88 Å². The second kappa shape index (κ2) is 7.46. The van der Waals surface area contributed by atoms with Gasteiger partial charge in [-0.3, -0.25) is 19.8 Å². The maximum atomic E-state index is 13.1. The van der Waals surface area contributed by atoms with Gasteiger partial charge in [0.05, 0.1) is 15.7 Å². The van der Waals surface area contributed by atoms with E-state index >= 15 is 0 Å². The van der Waals surface area contributed by atoms with Crippen LogP contribution in [-0.2, 0) is 16.1 Å². The summed E-state index contributed by atoms with van der Waals surface area (Å²) in [4.78, 5) is 26.7. The van der Waals surface area contributed by atoms with Gasteiger partial charge in [-0.2, -0.15) is 0 Å². The molecule has 2 heterocycles. The van der Waals surface area contributed by atoms with Crippen LogP contribution in [0.2, 0.25) is 10.0 Å². The number of halogens is 2. The number of rotatable bonds is 3. The van der Waals surface area contributed by atoms with Gasteiger partial charge in [0.1, 0.15) is 5.57 Å². The average molecular weight is 422 g/mol. The summed E-state index contributed by atoms with van der Waals surface area (Å²) in [6.07, 6.45) is 1.58. The Kier molecular flexibility index (Phi) is 5.42. The molecule has 1 aromatic carbocycles. The van der Waals surface area contributed by atoms with E-state index in [1.54, 1.807) is 24.3 Å². The number of nitrogens with one attached hydrogen (secondary N) is 1. The minimum Gasteiger partial charge on any atom is -0.349 e. The van der Waals surface area contributed by atoms with E-state index in [0.717, 1.165) is 23.5 Å². The van der Waals surface area contributed by atoms with Crippen molar-refractivity contribution in [2.24, 2.45) is 0 Å². The molecular formula is C19H17Cl2N3O2S. The molecule has 2 aromatic rings. The third kappa shape index (κ3) is 3.40. The molecule has 2 amide bonds. The van der Waals surface area contributed by atoms with Gasteiger partial charge in [0.15, 0.2) is 5.11 Å². The standard InChI is InChI=1S/C19H17Cl2N3O2S/c1-4-23-10(2)8-12(11(23)3)9-13-17(25)22-19(27)24(18(13)26)15-7-5-6-14(20)16(15)21/h5-9H,4H2,1-3H3,(H,22,25,27)/b13-9+. The van der Waals surface area contributed by atoms with Gasteiger partial charge >= 0.3 is 0 Å². The van der Waals surface area contributed by atoms with Crippen LogP contribution >= 0.6 is 35.4 Å². The van der Waals surface area contributed by atoms with Gasteiger partial charge in [-0.1, -0.05) is 29.3 Å². The van der Waals surface area contributed by atoms with Gasteiger partial charge in [-0.25, -0.2) is 0 Å². The molecule has 0 aliphatic carbocycles. The molecule has 0 unspecified atom stereocenters. The summed E-state index contributed by atoms with van der Waals surface area (Å²) >= 11 is 17.5. The van der Waals surface area contributed by atoms with Crippen LogP contribution in [-0.4, -0.2) is 21.5 Å². The number of carbonyl (C=O) groups excluding carboxylic acids is 2. The largest absolute Gasteiger partial charge is 0.349 e. The Bertz CT molecular complexity index is 1010. The molecule has 0 radical (unpaired) electrons. The molecule has 1 aromatic heterocycles. The zero-order valence-corrected chi connectivity index (χ0v) is 17.3. The number of hydrogen-bond donors (Lipinski definition) is 1. The van der Waals surface area contributed by atoms with Crippen molar-refractivity contribution in [3.8, 4) is 0 Å². The molecule has 1 aliphatic rings. The maximum absolute atomic E-state index is 13.1. The maximum Gasteiger partial charge on any atom is 0.270 e. The van der Waals surface area contributed by atoms with E-state index in [-0.39, 0.29) is 15.7 Å². The van der Waals surface area contributed by atoms with E-state index in [1.165, 1.54) is 4.90 Å². The Morgan fingerprint density at radius 2 is 1.93 bits per heavy atom. The predicted octanol–water partition coefficient (Wildman–Crippen LogP) is 4.26. The normalized spacial score (nSPS) is 16.3. The van der Waals surface area contributed by atoms with E-state index in [2.05, 4.69) is 9.88 Å². The highest BCUT2D eigenvalue weighted by atomic mass is 35.5. The van der Waals surface area contributed by atoms with Crippen LogP contribution < -0.4 is 10.2 Å². The molecule has 5 nitrogen and oxygen atoms in total. The number of aromatic nitrogens is 1. The summed E-state index contributed by atoms with van der Waals surface area (Å²) in [6, 6.07) is 6.83. The topological polar surface area (TPSA) is 54.3 Å². The molecule has 3 rings (SSSR count). The molecule has 140 valence electrons. The molecule has 1 fully saturated rings. The Hall–Kier alpha value is -2.15. The van der Waals surface area contributed by atoms with Gasteiger partial charge in [0.25, 0.3) is 11.8 Å². The van der Waals surface area contributed by atoms with E-state index in [0.29, 0.717) is 10.7 Å². The number of benzene rings is 1. The van der Waals surface area contributed by atoms with Gasteiger partial charge in [0.2, 0.25) is 0 Å². The lowest BCUT2D eigenvalue weighted by Crippen LogP contribution is -2.54. The number of nitrogens with zero attached hydrogens (tertiary/aromatic N) is 2. The highest BCUT2D eigenvalue weighted by Gasteiger charge is 2.35. The van der Waals surface area contributed by atoms with Gasteiger partial charge < -0.3 is 4.57 Å². The van der Waals surface area contributed by atoms with E-state index in [1.807, 2.05) is 26.8 Å². The summed E-state index contributed by atoms with van der Waals surface area (Å²) in [5.74, 6) is -1.09. The van der Waals surface area contributed by atoms with Crippen molar-refractivity contribution >= 4 is 64.1 Å². The highest BCUT2D eigenvalue weighted by molar-refractivity contribution is 7.80. The quantitative estimate of drug-likeness (QED) is 0.457. The fourth-order valence-corrected chi connectivity index (χ4v) is 3.81. The molecule has 1 N–H and O–H groups in total. The van der Waals surface area contributed by atoms with Gasteiger partial charge in [-0.15, -0.1) is 0 Å². The number of carbonyl (C=O) groups is 2. The van der Waals surface area contributed by atoms with E-state index < -0.39 is 11.8 Å². The summed E-state index contributed by atoms with van der Waals surface area (Å²) < 4.78 is 2.11. The van der Waals surface area contributed by atoms with E-state index in [4.69, 9.17) is 35.4 Å². The minimum absolute atomic E-state index is 0.0176. The number of aryl methyl sites for hydroxylation is 1. The van der Waals surface area contributed by atoms with Crippen LogP contribution in [0.1, 0.15) is 23.9 Å². The smallest absolute Gasteiger partial charge is 0.270 e. The lowest BCUT2D eigenvalue weighted by molar-refractivity contribution is -0.122. The molecule has 1 aliphatic heterocycles. The third-order valence-corrected chi connectivity index (χ3v) is 5.60. The zero-order chi connectivity index (χ0) is 19.9.